The minimum atomic E-state index is -0.710. The zero-order valence-electron chi connectivity index (χ0n) is 16.3. The number of nitrogens with one attached hydrogen (secondary N) is 1. The van der Waals surface area contributed by atoms with Gasteiger partial charge in [0.1, 0.15) is 0 Å². The number of hydrogen-bond acceptors (Lipinski definition) is 9. The number of likely N-dealkylation sites (N-methyl/N-ethyl adjacent to an activating group) is 2. The maximum absolute atomic E-state index is 12.7. The maximum Gasteiger partial charge on any atom is 0.328 e. The van der Waals surface area contributed by atoms with E-state index in [9.17, 15) is 14.4 Å². The number of benzene rings is 1. The van der Waals surface area contributed by atoms with Crippen LogP contribution in [0.2, 0.25) is 0 Å². The third kappa shape index (κ3) is 2.82. The Morgan fingerprint density at radius 3 is 2.60 bits per heavy atom. The Morgan fingerprint density at radius 2 is 1.83 bits per heavy atom. The molecule has 0 saturated carbocycles. The van der Waals surface area contributed by atoms with Crippen LogP contribution in [0.4, 0.5) is 9.93 Å². The highest BCUT2D eigenvalue weighted by Crippen LogP contribution is 2.35. The van der Waals surface area contributed by atoms with Crippen LogP contribution in [0.1, 0.15) is 5.01 Å². The minimum absolute atomic E-state index is 0.0721. The van der Waals surface area contributed by atoms with Crippen LogP contribution in [0.3, 0.4) is 0 Å². The SMILES string of the molecule is Cc1nc2ccc3nc(NC(=O)CN4C=NC5C4C(=O)N(C)C(=O)N5C)sc3c2s1. The van der Waals surface area contributed by atoms with Gasteiger partial charge in [0.2, 0.25) is 5.91 Å². The number of fused-ring (bicyclic) bond motifs is 4. The van der Waals surface area contributed by atoms with Crippen LogP contribution >= 0.6 is 22.7 Å². The Balaban J connectivity index is 1.34. The van der Waals surface area contributed by atoms with Gasteiger partial charge in [-0.15, -0.1) is 11.3 Å². The molecule has 2 aliphatic rings. The van der Waals surface area contributed by atoms with Crippen LogP contribution in [0.25, 0.3) is 20.4 Å². The number of amides is 4. The summed E-state index contributed by atoms with van der Waals surface area (Å²) in [7, 11) is 3.02. The number of imide groups is 1. The second-order valence-corrected chi connectivity index (χ2v) is 9.35. The fourth-order valence-corrected chi connectivity index (χ4v) is 5.73. The van der Waals surface area contributed by atoms with Crippen molar-refractivity contribution < 1.29 is 14.4 Å². The van der Waals surface area contributed by atoms with E-state index in [1.54, 1.807) is 23.3 Å². The molecule has 2 aromatic heterocycles. The number of aliphatic imine (C=N–C) groups is 1. The van der Waals surface area contributed by atoms with Crippen molar-refractivity contribution in [3.05, 3.63) is 17.1 Å². The first kappa shape index (κ1) is 18.9. The highest BCUT2D eigenvalue weighted by atomic mass is 32.1. The molecular weight excluding hydrogens is 426 g/mol. The Bertz CT molecular complexity index is 1250. The first-order valence-electron chi connectivity index (χ1n) is 9.13. The molecular formula is C18H17N7O3S2. The first-order chi connectivity index (χ1) is 14.3. The van der Waals surface area contributed by atoms with E-state index in [0.29, 0.717) is 5.13 Å². The molecule has 10 nitrogen and oxygen atoms in total. The lowest BCUT2D eigenvalue weighted by molar-refractivity contribution is -0.136. The van der Waals surface area contributed by atoms with Gasteiger partial charge in [0, 0.05) is 14.1 Å². The van der Waals surface area contributed by atoms with Crippen LogP contribution in [0, 0.1) is 6.92 Å². The summed E-state index contributed by atoms with van der Waals surface area (Å²) in [6, 6.07) is 2.70. The molecule has 5 rings (SSSR count). The highest BCUT2D eigenvalue weighted by molar-refractivity contribution is 7.28. The predicted octanol–water partition coefficient (Wildman–Crippen LogP) is 1.72. The lowest BCUT2D eigenvalue weighted by Crippen LogP contribution is -2.64. The van der Waals surface area contributed by atoms with E-state index in [4.69, 9.17) is 0 Å². The number of rotatable bonds is 3. The van der Waals surface area contributed by atoms with Crippen LogP contribution < -0.4 is 5.32 Å². The van der Waals surface area contributed by atoms with Gasteiger partial charge in [-0.1, -0.05) is 11.3 Å². The van der Waals surface area contributed by atoms with E-state index < -0.39 is 18.2 Å². The van der Waals surface area contributed by atoms with Crippen molar-refractivity contribution in [2.24, 2.45) is 4.99 Å². The largest absolute Gasteiger partial charge is 0.338 e. The maximum atomic E-state index is 12.7. The average molecular weight is 444 g/mol. The molecule has 0 radical (unpaired) electrons. The summed E-state index contributed by atoms with van der Waals surface area (Å²) in [4.78, 5) is 54.5. The van der Waals surface area contributed by atoms with Gasteiger partial charge >= 0.3 is 6.03 Å². The lowest BCUT2D eigenvalue weighted by atomic mass is 10.1. The molecule has 1 N–H and O–H groups in total. The van der Waals surface area contributed by atoms with Crippen molar-refractivity contribution in [1.29, 1.82) is 0 Å². The Labute approximate surface area is 178 Å². The van der Waals surface area contributed by atoms with Crippen molar-refractivity contribution in [2.75, 3.05) is 26.0 Å². The summed E-state index contributed by atoms with van der Waals surface area (Å²) < 4.78 is 2.04. The summed E-state index contributed by atoms with van der Waals surface area (Å²) >= 11 is 3.00. The van der Waals surface area contributed by atoms with Crippen LogP contribution in [0.15, 0.2) is 17.1 Å². The second-order valence-electron chi connectivity index (χ2n) is 7.15. The molecule has 30 heavy (non-hydrogen) atoms. The number of anilines is 1. The molecule has 0 aliphatic carbocycles. The van der Waals surface area contributed by atoms with Crippen LogP contribution in [-0.4, -0.2) is 81.7 Å². The first-order valence-corrected chi connectivity index (χ1v) is 10.8. The number of carbonyl (C=O) groups is 3. The molecule has 4 heterocycles. The van der Waals surface area contributed by atoms with Crippen molar-refractivity contribution in [3.8, 4) is 0 Å². The van der Waals surface area contributed by atoms with E-state index in [1.807, 2.05) is 19.1 Å². The Hall–Kier alpha value is -3.12. The number of aryl methyl sites for hydroxylation is 1. The van der Waals surface area contributed by atoms with Gasteiger partial charge in [-0.05, 0) is 19.1 Å². The highest BCUT2D eigenvalue weighted by Gasteiger charge is 2.48. The van der Waals surface area contributed by atoms with Gasteiger partial charge in [0.05, 0.1) is 38.3 Å². The number of hydrogen-bond donors (Lipinski definition) is 1. The molecule has 12 heteroatoms. The summed E-state index contributed by atoms with van der Waals surface area (Å²) in [5.74, 6) is -0.691. The molecule has 3 aromatic rings. The normalized spacial score (nSPS) is 21.2. The standard InChI is InChI=1S/C18H17N7O3S2/c1-8-20-9-4-5-10-14(13(9)29-8)30-17(21-10)22-11(26)6-25-7-19-15-12(25)16(27)24(3)18(28)23(15)2/h4-5,7,12,15H,6H2,1-3H3,(H,21,22,26). The van der Waals surface area contributed by atoms with Crippen molar-refractivity contribution in [1.82, 2.24) is 24.7 Å². The second kappa shape index (κ2) is 6.71. The monoisotopic (exact) mass is 443 g/mol. The van der Waals surface area contributed by atoms with Crippen molar-refractivity contribution >= 4 is 72.4 Å². The molecule has 0 spiro atoms. The minimum Gasteiger partial charge on any atom is -0.338 e. The van der Waals surface area contributed by atoms with Gasteiger partial charge in [0.15, 0.2) is 17.3 Å². The number of aromatic nitrogens is 2. The molecule has 0 bridgehead atoms. The fourth-order valence-electron chi connectivity index (χ4n) is 3.70. The van der Waals surface area contributed by atoms with Gasteiger partial charge < -0.3 is 15.1 Å². The number of thiazole rings is 2. The van der Waals surface area contributed by atoms with Gasteiger partial charge in [-0.3, -0.25) is 14.5 Å². The summed E-state index contributed by atoms with van der Waals surface area (Å²) in [6.07, 6.45) is 0.830. The van der Waals surface area contributed by atoms with Crippen molar-refractivity contribution in [3.63, 3.8) is 0 Å². The molecule has 1 saturated heterocycles. The zero-order valence-corrected chi connectivity index (χ0v) is 18.0. The fraction of sp³-hybridized carbons (Fsp3) is 0.333. The van der Waals surface area contributed by atoms with E-state index >= 15 is 0 Å². The third-order valence-corrected chi connectivity index (χ3v) is 7.31. The summed E-state index contributed by atoms with van der Waals surface area (Å²) in [6.45, 7) is 1.89. The zero-order chi connectivity index (χ0) is 21.2. The smallest absolute Gasteiger partial charge is 0.328 e. The topological polar surface area (TPSA) is 111 Å². The molecule has 2 unspecified atom stereocenters. The van der Waals surface area contributed by atoms with E-state index in [2.05, 4.69) is 20.3 Å². The summed E-state index contributed by atoms with van der Waals surface area (Å²) in [5.41, 5.74) is 1.72. The van der Waals surface area contributed by atoms with Gasteiger partial charge in [0.25, 0.3) is 5.91 Å². The summed E-state index contributed by atoms with van der Waals surface area (Å²) in [5, 5.41) is 4.28. The molecule has 1 fully saturated rings. The van der Waals surface area contributed by atoms with Crippen LogP contribution in [0.5, 0.6) is 0 Å². The molecule has 4 amide bonds. The van der Waals surface area contributed by atoms with Crippen LogP contribution in [-0.2, 0) is 9.59 Å². The molecule has 1 aromatic carbocycles. The molecule has 2 atom stereocenters. The number of urea groups is 1. The van der Waals surface area contributed by atoms with E-state index in [1.165, 1.54) is 29.6 Å². The third-order valence-electron chi connectivity index (χ3n) is 5.17. The van der Waals surface area contributed by atoms with E-state index in [-0.39, 0.29) is 18.4 Å². The quantitative estimate of drug-likeness (QED) is 0.660. The average Bonchev–Trinajstić information content (AvgIpc) is 3.40. The number of nitrogens with zero attached hydrogens (tertiary/aromatic N) is 6. The molecule has 2 aliphatic heterocycles. The number of carbonyl (C=O) groups excluding carboxylic acids is 3. The van der Waals surface area contributed by atoms with Gasteiger partial charge in [-0.2, -0.15) is 0 Å². The lowest BCUT2D eigenvalue weighted by Gasteiger charge is -2.39. The Kier molecular flexibility index (Phi) is 4.22. The molecule has 154 valence electrons. The Morgan fingerprint density at radius 1 is 1.13 bits per heavy atom. The van der Waals surface area contributed by atoms with Gasteiger partial charge in [-0.25, -0.2) is 19.8 Å². The predicted molar refractivity (Wildman–Crippen MR) is 115 cm³/mol. The van der Waals surface area contributed by atoms with Crippen molar-refractivity contribution in [2.45, 2.75) is 19.1 Å². The van der Waals surface area contributed by atoms with E-state index in [0.717, 1.165) is 30.3 Å².